The SMILES string of the molecule is CN1CCC[C@@H](Nc2n[nH]c(=O)n3cccc23)C1. The van der Waals surface area contributed by atoms with Crippen LogP contribution in [0.1, 0.15) is 12.8 Å². The van der Waals surface area contributed by atoms with E-state index >= 15 is 0 Å². The average Bonchev–Trinajstić information content (AvgIpc) is 2.83. The van der Waals surface area contributed by atoms with E-state index in [-0.39, 0.29) is 5.69 Å². The van der Waals surface area contributed by atoms with Crippen molar-refractivity contribution in [3.8, 4) is 0 Å². The molecule has 1 aliphatic rings. The van der Waals surface area contributed by atoms with Gasteiger partial charge in [-0.1, -0.05) is 0 Å². The Hall–Kier alpha value is -1.82. The summed E-state index contributed by atoms with van der Waals surface area (Å²) in [6.07, 6.45) is 4.07. The Labute approximate surface area is 105 Å². The Kier molecular flexibility index (Phi) is 2.79. The van der Waals surface area contributed by atoms with Gasteiger partial charge < -0.3 is 10.2 Å². The highest BCUT2D eigenvalue weighted by Gasteiger charge is 2.18. The van der Waals surface area contributed by atoms with E-state index in [0.717, 1.165) is 30.8 Å². The number of nitrogens with one attached hydrogen (secondary N) is 2. The topological polar surface area (TPSA) is 65.4 Å². The highest BCUT2D eigenvalue weighted by atomic mass is 16.1. The van der Waals surface area contributed by atoms with E-state index in [1.54, 1.807) is 10.6 Å². The maximum atomic E-state index is 11.5. The van der Waals surface area contributed by atoms with E-state index in [0.29, 0.717) is 6.04 Å². The third-order valence-corrected chi connectivity index (χ3v) is 3.44. The van der Waals surface area contributed by atoms with Crippen molar-refractivity contribution in [2.75, 3.05) is 25.5 Å². The number of aromatic amines is 1. The van der Waals surface area contributed by atoms with Crippen LogP contribution in [-0.2, 0) is 0 Å². The first-order valence-corrected chi connectivity index (χ1v) is 6.25. The fourth-order valence-electron chi connectivity index (χ4n) is 2.55. The van der Waals surface area contributed by atoms with Gasteiger partial charge >= 0.3 is 5.69 Å². The molecule has 2 aromatic heterocycles. The van der Waals surface area contributed by atoms with Gasteiger partial charge in [-0.15, -0.1) is 0 Å². The minimum Gasteiger partial charge on any atom is -0.363 e. The first kappa shape index (κ1) is 11.3. The van der Waals surface area contributed by atoms with Gasteiger partial charge in [0.25, 0.3) is 0 Å². The van der Waals surface area contributed by atoms with Crippen LogP contribution < -0.4 is 11.0 Å². The number of nitrogens with zero attached hydrogens (tertiary/aromatic N) is 3. The summed E-state index contributed by atoms with van der Waals surface area (Å²) in [6.45, 7) is 2.16. The van der Waals surface area contributed by atoms with Gasteiger partial charge in [0, 0.05) is 18.8 Å². The highest BCUT2D eigenvalue weighted by Crippen LogP contribution is 2.16. The molecule has 0 saturated carbocycles. The molecule has 1 aliphatic heterocycles. The molecule has 6 nitrogen and oxygen atoms in total. The van der Waals surface area contributed by atoms with Crippen LogP contribution in [0.4, 0.5) is 5.82 Å². The molecule has 6 heteroatoms. The van der Waals surface area contributed by atoms with Crippen molar-refractivity contribution in [2.24, 2.45) is 0 Å². The Morgan fingerprint density at radius 2 is 2.44 bits per heavy atom. The number of anilines is 1. The summed E-state index contributed by atoms with van der Waals surface area (Å²) < 4.78 is 1.57. The molecule has 0 aromatic carbocycles. The van der Waals surface area contributed by atoms with Crippen LogP contribution in [0.25, 0.3) is 5.52 Å². The second kappa shape index (κ2) is 4.45. The lowest BCUT2D eigenvalue weighted by molar-refractivity contribution is 0.260. The molecular formula is C12H17N5O. The molecule has 0 aliphatic carbocycles. The number of aromatic nitrogens is 3. The molecule has 0 spiro atoms. The van der Waals surface area contributed by atoms with E-state index in [9.17, 15) is 4.79 Å². The highest BCUT2D eigenvalue weighted by molar-refractivity contribution is 5.67. The quantitative estimate of drug-likeness (QED) is 0.812. The molecule has 3 heterocycles. The van der Waals surface area contributed by atoms with Gasteiger partial charge in [0.2, 0.25) is 0 Å². The van der Waals surface area contributed by atoms with Crippen molar-refractivity contribution in [2.45, 2.75) is 18.9 Å². The van der Waals surface area contributed by atoms with Crippen molar-refractivity contribution < 1.29 is 0 Å². The van der Waals surface area contributed by atoms with Crippen molar-refractivity contribution in [1.29, 1.82) is 0 Å². The molecular weight excluding hydrogens is 230 g/mol. The summed E-state index contributed by atoms with van der Waals surface area (Å²) in [7, 11) is 2.13. The number of hydrogen-bond acceptors (Lipinski definition) is 4. The molecule has 2 N–H and O–H groups in total. The largest absolute Gasteiger partial charge is 0.363 e. The van der Waals surface area contributed by atoms with Gasteiger partial charge in [-0.05, 0) is 38.6 Å². The Morgan fingerprint density at radius 3 is 3.28 bits per heavy atom. The summed E-state index contributed by atoms with van der Waals surface area (Å²) in [5.74, 6) is 0.750. The number of hydrogen-bond donors (Lipinski definition) is 2. The summed E-state index contributed by atoms with van der Waals surface area (Å²) >= 11 is 0. The van der Waals surface area contributed by atoms with Crippen LogP contribution >= 0.6 is 0 Å². The zero-order valence-corrected chi connectivity index (χ0v) is 10.4. The van der Waals surface area contributed by atoms with Gasteiger partial charge in [-0.25, -0.2) is 9.89 Å². The lowest BCUT2D eigenvalue weighted by Gasteiger charge is -2.30. The maximum Gasteiger partial charge on any atom is 0.346 e. The summed E-state index contributed by atoms with van der Waals surface area (Å²) in [5, 5.41) is 10.0. The van der Waals surface area contributed by atoms with Crippen LogP contribution in [0, 0.1) is 0 Å². The molecule has 2 aromatic rings. The second-order valence-electron chi connectivity index (χ2n) is 4.89. The number of fused-ring (bicyclic) bond motifs is 1. The first-order valence-electron chi connectivity index (χ1n) is 6.25. The van der Waals surface area contributed by atoms with E-state index in [4.69, 9.17) is 0 Å². The van der Waals surface area contributed by atoms with Gasteiger partial charge in [-0.2, -0.15) is 5.10 Å². The van der Waals surface area contributed by atoms with Crippen LogP contribution in [0.3, 0.4) is 0 Å². The van der Waals surface area contributed by atoms with Gasteiger partial charge in [0.1, 0.15) is 0 Å². The lowest BCUT2D eigenvalue weighted by atomic mass is 10.1. The summed E-state index contributed by atoms with van der Waals surface area (Å²) in [6, 6.07) is 4.14. The third kappa shape index (κ3) is 1.99. The normalized spacial score (nSPS) is 21.3. The van der Waals surface area contributed by atoms with E-state index in [1.807, 2.05) is 12.1 Å². The Morgan fingerprint density at radius 1 is 1.56 bits per heavy atom. The van der Waals surface area contributed by atoms with Crippen molar-refractivity contribution in [3.63, 3.8) is 0 Å². The predicted molar refractivity (Wildman–Crippen MR) is 70.0 cm³/mol. The van der Waals surface area contributed by atoms with Crippen molar-refractivity contribution in [1.82, 2.24) is 19.5 Å². The van der Waals surface area contributed by atoms with Crippen LogP contribution in [0.15, 0.2) is 23.1 Å². The smallest absolute Gasteiger partial charge is 0.346 e. The molecule has 1 saturated heterocycles. The first-order chi connectivity index (χ1) is 8.74. The van der Waals surface area contributed by atoms with Crippen LogP contribution in [0.5, 0.6) is 0 Å². The number of likely N-dealkylation sites (N-methyl/N-ethyl adjacent to an activating group) is 1. The summed E-state index contributed by atoms with van der Waals surface area (Å²) in [5.41, 5.74) is 0.619. The molecule has 3 rings (SSSR count). The molecule has 18 heavy (non-hydrogen) atoms. The minimum absolute atomic E-state index is 0.207. The van der Waals surface area contributed by atoms with Crippen molar-refractivity contribution >= 4 is 11.3 Å². The van der Waals surface area contributed by atoms with Gasteiger partial charge in [-0.3, -0.25) is 4.40 Å². The maximum absolute atomic E-state index is 11.5. The van der Waals surface area contributed by atoms with E-state index in [1.165, 1.54) is 6.42 Å². The van der Waals surface area contributed by atoms with E-state index in [2.05, 4.69) is 27.5 Å². The molecule has 0 unspecified atom stereocenters. The standard InChI is InChI=1S/C12H17N5O/c1-16-6-2-4-9(8-16)13-11-10-5-3-7-17(10)12(18)15-14-11/h3,5,7,9H,2,4,6,8H2,1H3,(H,13,14)(H,15,18)/t9-/m1/s1. The van der Waals surface area contributed by atoms with Gasteiger partial charge in [0.15, 0.2) is 5.82 Å². The fraction of sp³-hybridized carbons (Fsp3) is 0.500. The summed E-state index contributed by atoms with van der Waals surface area (Å²) in [4.78, 5) is 13.9. The average molecular weight is 247 g/mol. The molecule has 0 bridgehead atoms. The Balaban J connectivity index is 1.88. The van der Waals surface area contributed by atoms with Crippen LogP contribution in [0.2, 0.25) is 0 Å². The number of piperidine rings is 1. The zero-order valence-electron chi connectivity index (χ0n) is 10.4. The van der Waals surface area contributed by atoms with Gasteiger partial charge in [0.05, 0.1) is 5.52 Å². The number of rotatable bonds is 2. The lowest BCUT2D eigenvalue weighted by Crippen LogP contribution is -2.40. The van der Waals surface area contributed by atoms with E-state index < -0.39 is 0 Å². The molecule has 96 valence electrons. The second-order valence-corrected chi connectivity index (χ2v) is 4.89. The molecule has 0 radical (unpaired) electrons. The predicted octanol–water partition coefficient (Wildman–Crippen LogP) is 0.529. The minimum atomic E-state index is -0.207. The third-order valence-electron chi connectivity index (χ3n) is 3.44. The molecule has 1 atom stereocenters. The van der Waals surface area contributed by atoms with Crippen LogP contribution in [-0.4, -0.2) is 45.7 Å². The molecule has 0 amide bonds. The monoisotopic (exact) mass is 247 g/mol. The number of likely N-dealkylation sites (tertiary alicyclic amines) is 1. The Bertz CT molecular complexity index is 602. The number of H-pyrrole nitrogens is 1. The fourth-order valence-corrected chi connectivity index (χ4v) is 2.55. The van der Waals surface area contributed by atoms with Crippen molar-refractivity contribution in [3.05, 3.63) is 28.8 Å². The molecule has 1 fully saturated rings. The zero-order chi connectivity index (χ0) is 12.5.